The fourth-order valence-corrected chi connectivity index (χ4v) is 2.46. The maximum Gasteiger partial charge on any atom is 0.416 e. The zero-order valence-electron chi connectivity index (χ0n) is 15.3. The van der Waals surface area contributed by atoms with Gasteiger partial charge in [0, 0.05) is 13.1 Å². The Morgan fingerprint density at radius 3 is 2.54 bits per heavy atom. The molecule has 0 aliphatic rings. The van der Waals surface area contributed by atoms with Crippen LogP contribution in [-0.2, 0) is 22.1 Å². The largest absolute Gasteiger partial charge is 0.492 e. The third-order valence-electron chi connectivity index (χ3n) is 3.98. The second-order valence-electron chi connectivity index (χ2n) is 6.09. The third kappa shape index (κ3) is 6.86. The topological polar surface area (TPSA) is 67.8 Å². The molecule has 0 spiro atoms. The van der Waals surface area contributed by atoms with E-state index in [1.807, 2.05) is 0 Å². The molecule has 5 nitrogen and oxygen atoms in total. The lowest BCUT2D eigenvalue weighted by molar-refractivity contribution is -0.140. The lowest BCUT2D eigenvalue weighted by atomic mass is 10.1. The van der Waals surface area contributed by atoms with E-state index in [0.29, 0.717) is 18.9 Å². The van der Waals surface area contributed by atoms with E-state index in [9.17, 15) is 23.1 Å². The highest BCUT2D eigenvalue weighted by Gasteiger charge is 2.30. The first kappa shape index (κ1) is 21.7. The van der Waals surface area contributed by atoms with Gasteiger partial charge in [0.25, 0.3) is 0 Å². The smallest absolute Gasteiger partial charge is 0.416 e. The Morgan fingerprint density at radius 1 is 1.18 bits per heavy atom. The number of aliphatic hydroxyl groups is 1. The van der Waals surface area contributed by atoms with Gasteiger partial charge in [0.2, 0.25) is 0 Å². The van der Waals surface area contributed by atoms with Gasteiger partial charge in [-0.2, -0.15) is 13.2 Å². The number of methoxy groups -OCH3 is 1. The Morgan fingerprint density at radius 2 is 1.89 bits per heavy atom. The van der Waals surface area contributed by atoms with E-state index in [2.05, 4.69) is 10.1 Å². The van der Waals surface area contributed by atoms with Crippen molar-refractivity contribution >= 4 is 5.97 Å². The standard InChI is InChI=1S/C20H22F3NO4/c1-27-19(26)11-14-5-7-17(8-6-14)28-10-9-24-13-18(25)15-3-2-4-16(12-15)20(21,22)23/h2-8,12,18,24-25H,9-11,13H2,1H3. The van der Waals surface area contributed by atoms with Crippen molar-refractivity contribution in [3.8, 4) is 5.75 Å². The van der Waals surface area contributed by atoms with Crippen molar-refractivity contribution < 1.29 is 32.5 Å². The van der Waals surface area contributed by atoms with E-state index in [1.165, 1.54) is 19.2 Å². The van der Waals surface area contributed by atoms with Gasteiger partial charge >= 0.3 is 12.1 Å². The Labute approximate surface area is 161 Å². The Bertz CT molecular complexity index is 763. The first-order chi connectivity index (χ1) is 13.3. The highest BCUT2D eigenvalue weighted by atomic mass is 19.4. The number of rotatable bonds is 9. The monoisotopic (exact) mass is 397 g/mol. The fraction of sp³-hybridized carbons (Fsp3) is 0.350. The van der Waals surface area contributed by atoms with Crippen molar-refractivity contribution in [1.29, 1.82) is 0 Å². The highest BCUT2D eigenvalue weighted by Crippen LogP contribution is 2.30. The fourth-order valence-electron chi connectivity index (χ4n) is 2.46. The minimum atomic E-state index is -4.44. The van der Waals surface area contributed by atoms with Crippen LogP contribution in [0.4, 0.5) is 13.2 Å². The number of carbonyl (C=O) groups is 1. The molecule has 0 aliphatic heterocycles. The summed E-state index contributed by atoms with van der Waals surface area (Å²) in [4.78, 5) is 11.2. The maximum absolute atomic E-state index is 12.7. The zero-order chi connectivity index (χ0) is 20.6. The average molecular weight is 397 g/mol. The number of hydrogen-bond acceptors (Lipinski definition) is 5. The summed E-state index contributed by atoms with van der Waals surface area (Å²) in [6.07, 6.45) is -5.31. The molecule has 0 fully saturated rings. The van der Waals surface area contributed by atoms with E-state index >= 15 is 0 Å². The van der Waals surface area contributed by atoms with E-state index in [4.69, 9.17) is 4.74 Å². The van der Waals surface area contributed by atoms with Gasteiger partial charge in [-0.1, -0.05) is 24.3 Å². The van der Waals surface area contributed by atoms with Gasteiger partial charge in [0.15, 0.2) is 0 Å². The van der Waals surface area contributed by atoms with Crippen LogP contribution in [0.25, 0.3) is 0 Å². The molecule has 2 rings (SSSR count). The summed E-state index contributed by atoms with van der Waals surface area (Å²) < 4.78 is 48.3. The molecule has 0 saturated carbocycles. The van der Waals surface area contributed by atoms with E-state index in [1.54, 1.807) is 24.3 Å². The molecule has 2 N–H and O–H groups in total. The normalized spacial score (nSPS) is 12.5. The Balaban J connectivity index is 1.72. The van der Waals surface area contributed by atoms with Crippen LogP contribution in [0, 0.1) is 0 Å². The number of esters is 1. The molecule has 1 unspecified atom stereocenters. The van der Waals surface area contributed by atoms with Gasteiger partial charge in [0.1, 0.15) is 12.4 Å². The van der Waals surface area contributed by atoms with E-state index in [-0.39, 0.29) is 24.5 Å². The molecular formula is C20H22F3NO4. The number of nitrogens with one attached hydrogen (secondary N) is 1. The summed E-state index contributed by atoms with van der Waals surface area (Å²) in [5.74, 6) is 0.297. The van der Waals surface area contributed by atoms with E-state index in [0.717, 1.165) is 17.7 Å². The second kappa shape index (κ2) is 10.1. The molecule has 0 aliphatic carbocycles. The van der Waals surface area contributed by atoms with Gasteiger partial charge in [-0.25, -0.2) is 0 Å². The molecule has 0 radical (unpaired) electrons. The van der Waals surface area contributed by atoms with Gasteiger partial charge in [-0.3, -0.25) is 4.79 Å². The lowest BCUT2D eigenvalue weighted by Crippen LogP contribution is -2.26. The average Bonchev–Trinajstić information content (AvgIpc) is 2.68. The number of benzene rings is 2. The van der Waals surface area contributed by atoms with Crippen LogP contribution in [0.1, 0.15) is 22.8 Å². The van der Waals surface area contributed by atoms with E-state index < -0.39 is 17.8 Å². The van der Waals surface area contributed by atoms with Crippen LogP contribution in [0.2, 0.25) is 0 Å². The number of aliphatic hydroxyl groups excluding tert-OH is 1. The summed E-state index contributed by atoms with van der Waals surface area (Å²) >= 11 is 0. The van der Waals surface area contributed by atoms with Crippen molar-refractivity contribution in [3.05, 3.63) is 65.2 Å². The predicted octanol–water partition coefficient (Wildman–Crippen LogP) is 3.12. The molecule has 2 aromatic carbocycles. The predicted molar refractivity (Wildman–Crippen MR) is 96.9 cm³/mol. The van der Waals surface area contributed by atoms with Crippen molar-refractivity contribution in [2.24, 2.45) is 0 Å². The Kier molecular flexibility index (Phi) is 7.83. The number of ether oxygens (including phenoxy) is 2. The summed E-state index contributed by atoms with van der Waals surface area (Å²) in [6.45, 7) is 0.814. The number of alkyl halides is 3. The van der Waals surface area contributed by atoms with Gasteiger partial charge < -0.3 is 19.9 Å². The van der Waals surface area contributed by atoms with Crippen LogP contribution < -0.4 is 10.1 Å². The van der Waals surface area contributed by atoms with Crippen molar-refractivity contribution in [3.63, 3.8) is 0 Å². The second-order valence-corrected chi connectivity index (χ2v) is 6.09. The lowest BCUT2D eigenvalue weighted by Gasteiger charge is -2.15. The SMILES string of the molecule is COC(=O)Cc1ccc(OCCNCC(O)c2cccc(C(F)(F)F)c2)cc1. The molecule has 0 bridgehead atoms. The van der Waals surface area contributed by atoms with Crippen molar-refractivity contribution in [1.82, 2.24) is 5.32 Å². The minimum absolute atomic E-state index is 0.0999. The molecule has 8 heteroatoms. The molecule has 2 aromatic rings. The third-order valence-corrected chi connectivity index (χ3v) is 3.98. The molecule has 28 heavy (non-hydrogen) atoms. The molecule has 1 atom stereocenters. The first-order valence-electron chi connectivity index (χ1n) is 8.64. The van der Waals surface area contributed by atoms with Crippen LogP contribution in [0.15, 0.2) is 48.5 Å². The summed E-state index contributed by atoms with van der Waals surface area (Å²) in [5, 5.41) is 13.0. The van der Waals surface area contributed by atoms with Gasteiger partial charge in [0.05, 0.1) is 25.2 Å². The number of carbonyl (C=O) groups excluding carboxylic acids is 1. The summed E-state index contributed by atoms with van der Waals surface area (Å²) in [5.41, 5.74) is 0.217. The molecular weight excluding hydrogens is 375 g/mol. The van der Waals surface area contributed by atoms with Crippen LogP contribution in [0.5, 0.6) is 5.75 Å². The molecule has 152 valence electrons. The summed E-state index contributed by atoms with van der Waals surface area (Å²) in [6, 6.07) is 11.6. The minimum Gasteiger partial charge on any atom is -0.492 e. The highest BCUT2D eigenvalue weighted by molar-refractivity contribution is 5.72. The first-order valence-corrected chi connectivity index (χ1v) is 8.64. The van der Waals surface area contributed by atoms with Gasteiger partial charge in [-0.15, -0.1) is 0 Å². The van der Waals surface area contributed by atoms with Crippen LogP contribution in [-0.4, -0.2) is 37.9 Å². The molecule has 0 aromatic heterocycles. The van der Waals surface area contributed by atoms with Crippen molar-refractivity contribution in [2.75, 3.05) is 26.8 Å². The van der Waals surface area contributed by atoms with Gasteiger partial charge in [-0.05, 0) is 35.4 Å². The quantitative estimate of drug-likeness (QED) is 0.503. The molecule has 0 saturated heterocycles. The maximum atomic E-state index is 12.7. The number of hydrogen-bond donors (Lipinski definition) is 2. The van der Waals surface area contributed by atoms with Crippen LogP contribution >= 0.6 is 0 Å². The number of halogens is 3. The Hall–Kier alpha value is -2.58. The van der Waals surface area contributed by atoms with Crippen molar-refractivity contribution in [2.45, 2.75) is 18.7 Å². The zero-order valence-corrected chi connectivity index (χ0v) is 15.3. The summed E-state index contributed by atoms with van der Waals surface area (Å²) in [7, 11) is 1.33. The van der Waals surface area contributed by atoms with Crippen LogP contribution in [0.3, 0.4) is 0 Å². The molecule has 0 heterocycles. The molecule has 0 amide bonds.